The summed E-state index contributed by atoms with van der Waals surface area (Å²) in [7, 11) is 0. The molecule has 1 aromatic rings. The Balaban J connectivity index is 3.44. The van der Waals surface area contributed by atoms with Crippen LogP contribution in [0.1, 0.15) is 88.1 Å². The first-order valence-electron chi connectivity index (χ1n) is 13.8. The maximum atomic E-state index is 12.7. The largest absolute Gasteiger partial charge is 0.513 e. The van der Waals surface area contributed by atoms with Gasteiger partial charge in [-0.25, -0.2) is 19.2 Å². The minimum absolute atomic E-state index is 0.0415. The highest BCUT2D eigenvalue weighted by Crippen LogP contribution is 2.32. The summed E-state index contributed by atoms with van der Waals surface area (Å²) >= 11 is 0. The molecule has 238 valence electrons. The predicted molar refractivity (Wildman–Crippen MR) is 154 cm³/mol. The molecule has 12 nitrogen and oxygen atoms in total. The highest BCUT2D eigenvalue weighted by atomic mass is 16.8. The predicted octanol–water partition coefficient (Wildman–Crippen LogP) is 6.47. The highest BCUT2D eigenvalue weighted by Gasteiger charge is 2.45. The lowest BCUT2D eigenvalue weighted by atomic mass is 9.99. The summed E-state index contributed by atoms with van der Waals surface area (Å²) in [5.41, 5.74) is -3.57. The molecule has 0 amide bonds. The molecule has 0 saturated carbocycles. The molecular weight excluding hydrogens is 550 g/mol. The Labute approximate surface area is 248 Å². The van der Waals surface area contributed by atoms with E-state index in [9.17, 15) is 24.3 Å². The van der Waals surface area contributed by atoms with Gasteiger partial charge in [-0.1, -0.05) is 54.5 Å². The van der Waals surface area contributed by atoms with Gasteiger partial charge >= 0.3 is 24.4 Å². The third-order valence-electron chi connectivity index (χ3n) is 5.43. The fraction of sp³-hybridized carbons (Fsp3) is 0.667. The number of carboxylic acid groups (broad SMARTS) is 1. The molecular formula is C30H47NO11. The summed E-state index contributed by atoms with van der Waals surface area (Å²) in [6.45, 7) is 19.8. The average Bonchev–Trinajstić information content (AvgIpc) is 2.81. The quantitative estimate of drug-likeness (QED) is 0.117. The summed E-state index contributed by atoms with van der Waals surface area (Å²) in [4.78, 5) is 50.1. The van der Waals surface area contributed by atoms with Gasteiger partial charge in [0.2, 0.25) is 0 Å². The standard InChI is InChI=1S/C30H47NO11/c1-12-29(10,11)41-26(36)42-30(23(32)33,31-19(2)3)16-20-13-14-21(39-24(34)37-17-27(4,5)6)22(15-20)40-25(35)38-18-28(7,8)9/h13-15,19,31H,12,16-18H2,1-11H3,(H,32,33)/t30-/m0/s1. The molecule has 0 radical (unpaired) electrons. The SMILES string of the molecule is CCC(C)(C)OC(=O)O[C@](Cc1ccc(OC(=O)OCC(C)(C)C)c(OC(=O)OCC(C)(C)C)c1)(NC(C)C)C(=O)O. The van der Waals surface area contributed by atoms with Crippen molar-refractivity contribution in [1.82, 2.24) is 5.32 Å². The summed E-state index contributed by atoms with van der Waals surface area (Å²) in [5.74, 6) is -1.90. The van der Waals surface area contributed by atoms with Gasteiger partial charge in [-0.05, 0) is 62.6 Å². The number of carbonyl (C=O) groups excluding carboxylic acids is 3. The van der Waals surface area contributed by atoms with E-state index in [1.807, 2.05) is 41.5 Å². The molecule has 0 bridgehead atoms. The normalized spacial score (nSPS) is 13.5. The second-order valence-electron chi connectivity index (χ2n) is 13.4. The second-order valence-corrected chi connectivity index (χ2v) is 13.4. The molecule has 1 aromatic carbocycles. The van der Waals surface area contributed by atoms with Crippen molar-refractivity contribution >= 4 is 24.4 Å². The molecule has 0 spiro atoms. The molecule has 12 heteroatoms. The molecule has 1 rings (SSSR count). The number of benzene rings is 1. The Hall–Kier alpha value is -3.54. The minimum Gasteiger partial charge on any atom is -0.477 e. The Morgan fingerprint density at radius 1 is 0.786 bits per heavy atom. The molecule has 0 aliphatic carbocycles. The monoisotopic (exact) mass is 597 g/mol. The number of rotatable bonds is 12. The van der Waals surface area contributed by atoms with E-state index in [-0.39, 0.29) is 41.1 Å². The van der Waals surface area contributed by atoms with Gasteiger partial charge in [0.05, 0.1) is 13.2 Å². The number of carbonyl (C=O) groups is 4. The van der Waals surface area contributed by atoms with Crippen LogP contribution < -0.4 is 14.8 Å². The number of nitrogens with one attached hydrogen (secondary N) is 1. The molecule has 1 atom stereocenters. The van der Waals surface area contributed by atoms with E-state index < -0.39 is 48.2 Å². The van der Waals surface area contributed by atoms with Crippen molar-refractivity contribution in [3.05, 3.63) is 23.8 Å². The zero-order valence-electron chi connectivity index (χ0n) is 26.7. The lowest BCUT2D eigenvalue weighted by Gasteiger charge is -2.33. The molecule has 0 fully saturated rings. The first kappa shape index (κ1) is 36.5. The van der Waals surface area contributed by atoms with Crippen molar-refractivity contribution in [2.24, 2.45) is 10.8 Å². The Morgan fingerprint density at radius 3 is 1.71 bits per heavy atom. The molecule has 0 saturated heterocycles. The first-order chi connectivity index (χ1) is 19.1. The van der Waals surface area contributed by atoms with Crippen LogP contribution in [-0.4, -0.2) is 60.1 Å². The summed E-state index contributed by atoms with van der Waals surface area (Å²) in [6.07, 6.45) is -3.23. The van der Waals surface area contributed by atoms with Crippen molar-refractivity contribution in [1.29, 1.82) is 0 Å². The Kier molecular flexibility index (Phi) is 12.7. The van der Waals surface area contributed by atoms with Crippen molar-refractivity contribution in [2.45, 2.75) is 106 Å². The van der Waals surface area contributed by atoms with Crippen LogP contribution in [0, 0.1) is 10.8 Å². The van der Waals surface area contributed by atoms with E-state index in [4.69, 9.17) is 28.4 Å². The van der Waals surface area contributed by atoms with Gasteiger partial charge in [0.1, 0.15) is 5.60 Å². The highest BCUT2D eigenvalue weighted by molar-refractivity contribution is 5.80. The average molecular weight is 598 g/mol. The molecule has 2 N–H and O–H groups in total. The van der Waals surface area contributed by atoms with Crippen LogP contribution >= 0.6 is 0 Å². The third-order valence-corrected chi connectivity index (χ3v) is 5.43. The fourth-order valence-corrected chi connectivity index (χ4v) is 3.13. The summed E-state index contributed by atoms with van der Waals surface area (Å²) < 4.78 is 31.7. The van der Waals surface area contributed by atoms with Crippen LogP contribution in [0.5, 0.6) is 11.5 Å². The molecule has 0 aliphatic rings. The van der Waals surface area contributed by atoms with E-state index in [0.717, 1.165) is 0 Å². The van der Waals surface area contributed by atoms with E-state index in [1.54, 1.807) is 34.6 Å². The maximum Gasteiger partial charge on any atom is 0.513 e. The second kappa shape index (κ2) is 14.6. The van der Waals surface area contributed by atoms with E-state index in [2.05, 4.69) is 5.32 Å². The van der Waals surface area contributed by atoms with E-state index in [1.165, 1.54) is 18.2 Å². The Morgan fingerprint density at radius 2 is 1.29 bits per heavy atom. The van der Waals surface area contributed by atoms with Crippen LogP contribution in [0.15, 0.2) is 18.2 Å². The van der Waals surface area contributed by atoms with Gasteiger partial charge in [-0.3, -0.25) is 5.32 Å². The van der Waals surface area contributed by atoms with Crippen LogP contribution in [0.4, 0.5) is 14.4 Å². The molecule has 0 aromatic heterocycles. The van der Waals surface area contributed by atoms with E-state index >= 15 is 0 Å². The lowest BCUT2D eigenvalue weighted by molar-refractivity contribution is -0.169. The van der Waals surface area contributed by atoms with Crippen LogP contribution in [-0.2, 0) is 30.2 Å². The number of aliphatic carboxylic acids is 1. The van der Waals surface area contributed by atoms with Gasteiger partial charge in [0.25, 0.3) is 5.72 Å². The van der Waals surface area contributed by atoms with Gasteiger partial charge in [-0.2, -0.15) is 0 Å². The maximum absolute atomic E-state index is 12.7. The van der Waals surface area contributed by atoms with E-state index in [0.29, 0.717) is 6.42 Å². The topological polar surface area (TPSA) is 156 Å². The number of hydrogen-bond donors (Lipinski definition) is 2. The van der Waals surface area contributed by atoms with Gasteiger partial charge in [0.15, 0.2) is 11.5 Å². The van der Waals surface area contributed by atoms with Crippen LogP contribution in [0.3, 0.4) is 0 Å². The molecule has 42 heavy (non-hydrogen) atoms. The molecule has 0 aliphatic heterocycles. The van der Waals surface area contributed by atoms with Crippen molar-refractivity contribution < 1.29 is 52.7 Å². The van der Waals surface area contributed by atoms with Gasteiger partial charge in [0, 0.05) is 12.5 Å². The van der Waals surface area contributed by atoms with Crippen molar-refractivity contribution in [3.8, 4) is 11.5 Å². The zero-order valence-corrected chi connectivity index (χ0v) is 26.7. The summed E-state index contributed by atoms with van der Waals surface area (Å²) in [5, 5.41) is 13.0. The fourth-order valence-electron chi connectivity index (χ4n) is 3.13. The number of ether oxygens (including phenoxy) is 6. The van der Waals surface area contributed by atoms with Crippen LogP contribution in [0.25, 0.3) is 0 Å². The molecule has 0 unspecified atom stereocenters. The van der Waals surface area contributed by atoms with Gasteiger partial charge < -0.3 is 33.5 Å². The smallest absolute Gasteiger partial charge is 0.477 e. The van der Waals surface area contributed by atoms with Gasteiger partial charge in [-0.15, -0.1) is 0 Å². The number of hydrogen-bond acceptors (Lipinski definition) is 11. The summed E-state index contributed by atoms with van der Waals surface area (Å²) in [6, 6.07) is 3.59. The number of carboxylic acids is 1. The third kappa shape index (κ3) is 13.4. The zero-order chi connectivity index (χ0) is 32.5. The van der Waals surface area contributed by atoms with Crippen molar-refractivity contribution in [3.63, 3.8) is 0 Å². The van der Waals surface area contributed by atoms with Crippen molar-refractivity contribution in [2.75, 3.05) is 13.2 Å². The molecule has 0 heterocycles. The first-order valence-corrected chi connectivity index (χ1v) is 13.8. The minimum atomic E-state index is -2.26. The van der Waals surface area contributed by atoms with Crippen LogP contribution in [0.2, 0.25) is 0 Å². The Bertz CT molecular complexity index is 1100. The lowest BCUT2D eigenvalue weighted by Crippen LogP contribution is -2.59.